The second-order valence-electron chi connectivity index (χ2n) is 9.57. The topological polar surface area (TPSA) is 53.4 Å². The van der Waals surface area contributed by atoms with Crippen LogP contribution in [-0.4, -0.2) is 42.6 Å². The van der Waals surface area contributed by atoms with Gasteiger partial charge in [-0.25, -0.2) is 0 Å². The van der Waals surface area contributed by atoms with Crippen LogP contribution in [0.4, 0.5) is 0 Å². The lowest BCUT2D eigenvalue weighted by Crippen LogP contribution is -2.63. The molecule has 3 saturated carbocycles. The van der Waals surface area contributed by atoms with E-state index in [2.05, 4.69) is 30.0 Å². The Morgan fingerprint density at radius 2 is 2.12 bits per heavy atom. The van der Waals surface area contributed by atoms with E-state index in [1.807, 2.05) is 0 Å². The number of fused-ring (bicyclic) bond motifs is 2. The minimum Gasteiger partial charge on any atom is -0.497 e. The van der Waals surface area contributed by atoms with Crippen LogP contribution < -0.4 is 4.74 Å². The highest BCUT2D eigenvalue weighted by Gasteiger charge is 2.78. The summed E-state index contributed by atoms with van der Waals surface area (Å²) in [5.74, 6) is 2.89. The van der Waals surface area contributed by atoms with E-state index in [-0.39, 0.29) is 16.6 Å². The zero-order valence-corrected chi connectivity index (χ0v) is 15.5. The molecule has 5 aliphatic rings. The summed E-state index contributed by atoms with van der Waals surface area (Å²) in [4.78, 5) is 15.4. The second-order valence-corrected chi connectivity index (χ2v) is 9.57. The van der Waals surface area contributed by atoms with Crippen molar-refractivity contribution in [3.8, 4) is 5.75 Å². The molecule has 1 spiro atoms. The van der Waals surface area contributed by atoms with E-state index in [1.165, 1.54) is 30.5 Å². The summed E-state index contributed by atoms with van der Waals surface area (Å²) in [7, 11) is 1.72. The minimum absolute atomic E-state index is 0.000167. The molecule has 0 aromatic heterocycles. The van der Waals surface area contributed by atoms with Crippen LogP contribution in [0.3, 0.4) is 0 Å². The van der Waals surface area contributed by atoms with Crippen molar-refractivity contribution >= 4 is 11.5 Å². The summed E-state index contributed by atoms with van der Waals surface area (Å²) >= 11 is 0. The van der Waals surface area contributed by atoms with Crippen molar-refractivity contribution in [1.29, 1.82) is 5.41 Å². The fraction of sp³-hybridized carbons (Fsp3) is 0.636. The number of ether oxygens (including phenoxy) is 1. The van der Waals surface area contributed by atoms with Crippen LogP contribution in [0.5, 0.6) is 5.75 Å². The zero-order chi connectivity index (χ0) is 17.8. The van der Waals surface area contributed by atoms with Crippen molar-refractivity contribution in [2.45, 2.75) is 50.0 Å². The first-order chi connectivity index (χ1) is 12.5. The molecular weight excluding hydrogens is 324 g/mol. The standard InChI is InChI=1S/C22H26N2O2/c1-21-8-17(23)18(25)9-22(21)15-7-13(26-2)5-6-14(15)19-16(22)11-24(20(19)21)10-12-3-4-12/h5-7,12,16,19-20,23H,3-4,8-11H2,1-2H3/t16?,19?,20?,21-,22+/m0/s1. The Morgan fingerprint density at radius 1 is 1.31 bits per heavy atom. The highest BCUT2D eigenvalue weighted by Crippen LogP contribution is 2.76. The number of benzene rings is 1. The Labute approximate surface area is 154 Å². The molecule has 4 bridgehead atoms. The molecule has 5 atom stereocenters. The maximum atomic E-state index is 12.7. The Balaban J connectivity index is 1.55. The van der Waals surface area contributed by atoms with Gasteiger partial charge in [-0.15, -0.1) is 0 Å². The van der Waals surface area contributed by atoms with Crippen molar-refractivity contribution in [3.05, 3.63) is 29.3 Å². The number of nitrogens with zero attached hydrogens (tertiary/aromatic N) is 1. The number of methoxy groups -OCH3 is 1. The fourth-order valence-electron chi connectivity index (χ4n) is 7.45. The van der Waals surface area contributed by atoms with Crippen LogP contribution >= 0.6 is 0 Å². The summed E-state index contributed by atoms with van der Waals surface area (Å²) in [5, 5.41) is 8.32. The fourth-order valence-corrected chi connectivity index (χ4v) is 7.45. The lowest BCUT2D eigenvalue weighted by atomic mass is 9.50. The first-order valence-electron chi connectivity index (χ1n) is 10.0. The molecule has 0 amide bonds. The van der Waals surface area contributed by atoms with Crippen LogP contribution in [0.15, 0.2) is 18.2 Å². The molecule has 4 heteroatoms. The molecule has 4 fully saturated rings. The number of Topliss-reactive ketones (excluding diaryl/α,β-unsaturated/α-hetero) is 1. The van der Waals surface area contributed by atoms with E-state index in [4.69, 9.17) is 10.1 Å². The molecule has 1 saturated heterocycles. The van der Waals surface area contributed by atoms with E-state index < -0.39 is 0 Å². The van der Waals surface area contributed by atoms with Gasteiger partial charge in [0, 0.05) is 43.3 Å². The molecule has 6 rings (SSSR count). The van der Waals surface area contributed by atoms with E-state index in [9.17, 15) is 4.79 Å². The lowest BCUT2D eigenvalue weighted by Gasteiger charge is -2.58. The Kier molecular flexibility index (Phi) is 2.71. The number of rotatable bonds is 3. The molecule has 1 heterocycles. The normalized spacial score (nSPS) is 42.9. The molecule has 1 N–H and O–H groups in total. The summed E-state index contributed by atoms with van der Waals surface area (Å²) in [6, 6.07) is 7.04. The number of hydrogen-bond acceptors (Lipinski definition) is 4. The predicted octanol–water partition coefficient (Wildman–Crippen LogP) is 3.14. The number of carbonyl (C=O) groups is 1. The molecule has 26 heavy (non-hydrogen) atoms. The van der Waals surface area contributed by atoms with Crippen molar-refractivity contribution in [3.63, 3.8) is 0 Å². The molecular formula is C22H26N2O2. The van der Waals surface area contributed by atoms with Gasteiger partial charge in [0.25, 0.3) is 0 Å². The highest BCUT2D eigenvalue weighted by molar-refractivity contribution is 6.39. The SMILES string of the molecule is COc1ccc2c(c1)[C@@]13CC(=O)C(=N)C[C@@]1(C)C1C2C3CN1CC1CC1. The van der Waals surface area contributed by atoms with Gasteiger partial charge in [0.1, 0.15) is 5.75 Å². The van der Waals surface area contributed by atoms with Crippen molar-refractivity contribution in [2.75, 3.05) is 20.2 Å². The van der Waals surface area contributed by atoms with E-state index in [0.29, 0.717) is 36.4 Å². The average Bonchev–Trinajstić information content (AvgIpc) is 3.24. The molecule has 3 unspecified atom stereocenters. The van der Waals surface area contributed by atoms with E-state index in [1.54, 1.807) is 7.11 Å². The second kappa shape index (κ2) is 4.59. The third-order valence-electron chi connectivity index (χ3n) is 8.51. The molecule has 136 valence electrons. The highest BCUT2D eigenvalue weighted by atomic mass is 16.5. The summed E-state index contributed by atoms with van der Waals surface area (Å²) in [6.07, 6.45) is 3.92. The largest absolute Gasteiger partial charge is 0.497 e. The number of carbonyl (C=O) groups excluding carboxylic acids is 1. The Morgan fingerprint density at radius 3 is 2.85 bits per heavy atom. The predicted molar refractivity (Wildman–Crippen MR) is 99.1 cm³/mol. The van der Waals surface area contributed by atoms with Gasteiger partial charge < -0.3 is 10.1 Å². The summed E-state index contributed by atoms with van der Waals surface area (Å²) < 4.78 is 5.53. The van der Waals surface area contributed by atoms with Crippen molar-refractivity contribution in [2.24, 2.45) is 17.3 Å². The van der Waals surface area contributed by atoms with Crippen molar-refractivity contribution in [1.82, 2.24) is 4.90 Å². The number of ketones is 1. The first kappa shape index (κ1) is 15.4. The molecule has 1 aromatic rings. The quantitative estimate of drug-likeness (QED) is 0.911. The third kappa shape index (κ3) is 1.53. The van der Waals surface area contributed by atoms with Crippen LogP contribution in [0.1, 0.15) is 49.7 Å². The first-order valence-corrected chi connectivity index (χ1v) is 10.0. The Bertz CT molecular complexity index is 860. The van der Waals surface area contributed by atoms with Gasteiger partial charge in [-0.1, -0.05) is 13.0 Å². The van der Waals surface area contributed by atoms with E-state index in [0.717, 1.165) is 18.2 Å². The van der Waals surface area contributed by atoms with Gasteiger partial charge in [0.15, 0.2) is 5.78 Å². The number of hydrogen-bond donors (Lipinski definition) is 1. The number of nitrogens with one attached hydrogen (secondary N) is 1. The molecule has 4 aliphatic carbocycles. The summed E-state index contributed by atoms with van der Waals surface area (Å²) in [6.45, 7) is 4.72. The van der Waals surface area contributed by atoms with Gasteiger partial charge in [-0.3, -0.25) is 9.69 Å². The molecule has 4 nitrogen and oxygen atoms in total. The third-order valence-corrected chi connectivity index (χ3v) is 8.51. The zero-order valence-electron chi connectivity index (χ0n) is 15.5. The minimum atomic E-state index is -0.0894. The lowest BCUT2D eigenvalue weighted by molar-refractivity contribution is -0.120. The number of likely N-dealkylation sites (tertiary alicyclic amines) is 1. The smallest absolute Gasteiger partial charge is 0.177 e. The van der Waals surface area contributed by atoms with Crippen LogP contribution in [0, 0.1) is 22.7 Å². The monoisotopic (exact) mass is 350 g/mol. The van der Waals surface area contributed by atoms with Gasteiger partial charge >= 0.3 is 0 Å². The van der Waals surface area contributed by atoms with Gasteiger partial charge in [-0.2, -0.15) is 0 Å². The number of piperidine rings is 1. The van der Waals surface area contributed by atoms with E-state index >= 15 is 0 Å². The maximum absolute atomic E-state index is 12.7. The van der Waals surface area contributed by atoms with Gasteiger partial charge in [0.2, 0.25) is 0 Å². The summed E-state index contributed by atoms with van der Waals surface area (Å²) in [5.41, 5.74) is 3.08. The van der Waals surface area contributed by atoms with Gasteiger partial charge in [0.05, 0.1) is 12.8 Å². The van der Waals surface area contributed by atoms with Crippen LogP contribution in [-0.2, 0) is 10.2 Å². The molecule has 1 aliphatic heterocycles. The molecule has 0 radical (unpaired) electrons. The van der Waals surface area contributed by atoms with Crippen LogP contribution in [0.25, 0.3) is 0 Å². The Hall–Kier alpha value is -1.68. The van der Waals surface area contributed by atoms with Crippen molar-refractivity contribution < 1.29 is 9.53 Å². The van der Waals surface area contributed by atoms with Crippen LogP contribution in [0.2, 0.25) is 0 Å². The average molecular weight is 350 g/mol. The van der Waals surface area contributed by atoms with Gasteiger partial charge in [-0.05, 0) is 53.4 Å². The molecule has 1 aromatic carbocycles. The maximum Gasteiger partial charge on any atom is 0.177 e.